The molecule has 0 spiro atoms. The number of esters is 1. The molecule has 0 saturated heterocycles. The topological polar surface area (TPSA) is 179 Å². The van der Waals surface area contributed by atoms with Crippen LogP contribution in [0.25, 0.3) is 0 Å². The Morgan fingerprint density at radius 2 is 1.06 bits per heavy atom. The van der Waals surface area contributed by atoms with E-state index in [0.717, 1.165) is 111 Å². The molecule has 14 nitrogen and oxygen atoms in total. The summed E-state index contributed by atoms with van der Waals surface area (Å²) in [6.45, 7) is 17.4. The number of rotatable bonds is 12. The van der Waals surface area contributed by atoms with Crippen molar-refractivity contribution in [3.05, 3.63) is 12.7 Å². The average Bonchev–Trinajstić information content (AvgIpc) is 4.16. The number of nitrogens with zero attached hydrogens (tertiary/aromatic N) is 6. The van der Waals surface area contributed by atoms with Gasteiger partial charge in [0.2, 0.25) is 0 Å². The molecule has 6 aliphatic rings. The Balaban J connectivity index is 0.000000399. The van der Waals surface area contributed by atoms with Gasteiger partial charge >= 0.3 is 18.9 Å². The van der Waals surface area contributed by atoms with Crippen molar-refractivity contribution < 1.29 is 37.5 Å². The molecule has 0 fully saturated rings. The molecular weight excluding hydrogens is 1120 g/mol. The summed E-state index contributed by atoms with van der Waals surface area (Å²) in [5.41, 5.74) is 0. The standard InChI is InChI=1S/C8H13NO2S2.C7H14NO3PS2.C7H13NS3.C6H9NS2.C5H7NO2S2.C5H7NOS2/c1-11-7(10)3-2-5-12-8-9-4-6-13-8;1-10-12(9,11-2)4-6-14-7-8-3-5-13-7;1-7(2,3)11-10-6-8-4-5-9-6;1-2-4-8-6-7-3-5-9-6;1-8-5(7)10-4-6-2-3-9-4;1-4(7)9-5-6-2-3-8-5/h2-6H2,1H3;3-6H2,1-2H3;4-5H2,1-3H3;2H,1,3-5H2;2-3H2,1H3;2-3H2,1H3. The van der Waals surface area contributed by atoms with E-state index in [9.17, 15) is 18.9 Å². The SMILES string of the molecule is C=CCSC1=NCCS1.CC(=O)SC1=NCCS1.CC(C)(C)SSC1=NCCS1.COC(=O)CCCSC1=NCCS1.COC(=O)SC1=NCCS1.COP(=O)(CCSC1=NCCS1)OC. The van der Waals surface area contributed by atoms with Crippen molar-refractivity contribution in [3.8, 4) is 0 Å². The highest BCUT2D eigenvalue weighted by Gasteiger charge is 2.21. The zero-order valence-corrected chi connectivity index (χ0v) is 50.2. The lowest BCUT2D eigenvalue weighted by Gasteiger charge is -2.15. The maximum atomic E-state index is 11.6. The summed E-state index contributed by atoms with van der Waals surface area (Å²) in [4.78, 5) is 57.2. The molecule has 0 bridgehead atoms. The molecule has 6 aliphatic heterocycles. The van der Waals surface area contributed by atoms with E-state index >= 15 is 0 Å². The summed E-state index contributed by atoms with van der Waals surface area (Å²) in [7, 11) is 6.51. The van der Waals surface area contributed by atoms with Crippen LogP contribution in [0.1, 0.15) is 40.5 Å². The minimum atomic E-state index is -2.82. The minimum absolute atomic E-state index is 0.124. The zero-order valence-electron chi connectivity index (χ0n) is 38.7. The van der Waals surface area contributed by atoms with Gasteiger partial charge in [-0.15, -0.1) is 6.58 Å². The molecule has 0 aromatic rings. The summed E-state index contributed by atoms with van der Waals surface area (Å²) in [6.07, 6.45) is 3.73. The molecular formula is C38H63N6O8PS13. The van der Waals surface area contributed by atoms with Crippen molar-refractivity contribution in [2.24, 2.45) is 30.0 Å². The lowest BCUT2D eigenvalue weighted by atomic mass is 10.3. The van der Waals surface area contributed by atoms with Gasteiger partial charge in [-0.1, -0.05) is 143 Å². The fourth-order valence-electron chi connectivity index (χ4n) is 3.84. The van der Waals surface area contributed by atoms with Gasteiger partial charge in [0.1, 0.15) is 26.3 Å². The Bertz CT molecular complexity index is 1700. The second kappa shape index (κ2) is 41.5. The zero-order chi connectivity index (χ0) is 48.9. The first-order valence-electron chi connectivity index (χ1n) is 20.3. The second-order valence-electron chi connectivity index (χ2n) is 13.1. The highest BCUT2D eigenvalue weighted by Crippen LogP contribution is 2.47. The third-order valence-corrected chi connectivity index (χ3v) is 24.5. The van der Waals surface area contributed by atoms with Gasteiger partial charge < -0.3 is 18.5 Å². The van der Waals surface area contributed by atoms with Gasteiger partial charge in [-0.05, 0) is 29.0 Å². The van der Waals surface area contributed by atoms with Gasteiger partial charge in [-0.25, -0.2) is 4.79 Å². The first kappa shape index (κ1) is 65.1. The van der Waals surface area contributed by atoms with E-state index in [-0.39, 0.29) is 16.4 Å². The van der Waals surface area contributed by atoms with Crippen LogP contribution in [0.3, 0.4) is 0 Å². The van der Waals surface area contributed by atoms with Crippen LogP contribution < -0.4 is 0 Å². The Morgan fingerprint density at radius 1 is 0.636 bits per heavy atom. The molecule has 0 aromatic heterocycles. The van der Waals surface area contributed by atoms with Crippen LogP contribution in [0.5, 0.6) is 0 Å². The lowest BCUT2D eigenvalue weighted by Crippen LogP contribution is -2.04. The van der Waals surface area contributed by atoms with E-state index < -0.39 is 7.60 Å². The van der Waals surface area contributed by atoms with Crippen LogP contribution in [0.15, 0.2) is 42.6 Å². The van der Waals surface area contributed by atoms with Crippen LogP contribution >= 0.6 is 159 Å². The number of carbonyl (C=O) groups excluding carboxylic acids is 3. The van der Waals surface area contributed by atoms with Crippen molar-refractivity contribution in [2.45, 2.75) is 45.3 Å². The quantitative estimate of drug-likeness (QED) is 0.0591. The van der Waals surface area contributed by atoms with Crippen LogP contribution in [0.4, 0.5) is 4.79 Å². The van der Waals surface area contributed by atoms with E-state index in [1.54, 1.807) is 89.3 Å². The van der Waals surface area contributed by atoms with Crippen LogP contribution in [0.2, 0.25) is 0 Å². The minimum Gasteiger partial charge on any atom is -0.469 e. The number of thioether (sulfide) groups is 11. The Morgan fingerprint density at radius 3 is 1.44 bits per heavy atom. The number of methoxy groups -OCH3 is 2. The van der Waals surface area contributed by atoms with Gasteiger partial charge in [-0.2, -0.15) is 0 Å². The van der Waals surface area contributed by atoms with Crippen LogP contribution in [-0.2, 0) is 32.7 Å². The Labute approximate surface area is 447 Å². The molecule has 28 heteroatoms. The second-order valence-corrected chi connectivity index (χ2v) is 31.7. The lowest BCUT2D eigenvalue weighted by molar-refractivity contribution is -0.140. The maximum Gasteiger partial charge on any atom is 0.373 e. The largest absolute Gasteiger partial charge is 0.469 e. The molecule has 0 aromatic carbocycles. The number of carbonyl (C=O) groups is 3. The first-order chi connectivity index (χ1) is 31.6. The van der Waals surface area contributed by atoms with Gasteiger partial charge in [-0.3, -0.25) is 44.1 Å². The van der Waals surface area contributed by atoms with E-state index in [0.29, 0.717) is 17.3 Å². The van der Waals surface area contributed by atoms with Crippen molar-refractivity contribution >= 4 is 201 Å². The summed E-state index contributed by atoms with van der Waals surface area (Å²) in [5.74, 6) is 9.09. The van der Waals surface area contributed by atoms with Crippen molar-refractivity contribution in [1.29, 1.82) is 0 Å². The molecule has 0 N–H and O–H groups in total. The molecule has 66 heavy (non-hydrogen) atoms. The smallest absolute Gasteiger partial charge is 0.373 e. The van der Waals surface area contributed by atoms with E-state index in [4.69, 9.17) is 9.05 Å². The number of hydrogen-bond donors (Lipinski definition) is 0. The summed E-state index contributed by atoms with van der Waals surface area (Å²) in [5, 5.41) is -0.156. The Kier molecular flexibility index (Phi) is 41.0. The fraction of sp³-hybridized carbons (Fsp3) is 0.711. The van der Waals surface area contributed by atoms with E-state index in [1.165, 1.54) is 64.8 Å². The summed E-state index contributed by atoms with van der Waals surface area (Å²) in [6, 6.07) is 0. The number of aliphatic imine (C=N–C) groups is 6. The molecule has 376 valence electrons. The predicted octanol–water partition coefficient (Wildman–Crippen LogP) is 12.3. The van der Waals surface area contributed by atoms with Gasteiger partial charge in [0.25, 0.3) is 0 Å². The maximum absolute atomic E-state index is 11.6. The Hall–Kier alpha value is 1.07. The normalized spacial score (nSPS) is 17.2. The molecule has 0 saturated carbocycles. The van der Waals surface area contributed by atoms with E-state index in [1.807, 2.05) is 51.2 Å². The molecule has 0 amide bonds. The van der Waals surface area contributed by atoms with Crippen LogP contribution in [-0.4, -0.2) is 173 Å². The first-order valence-corrected chi connectivity index (χ1v) is 34.6. The van der Waals surface area contributed by atoms with Gasteiger partial charge in [0, 0.05) is 95.8 Å². The fourth-order valence-corrected chi connectivity index (χ4v) is 17.8. The molecule has 0 atom stereocenters. The highest BCUT2D eigenvalue weighted by molar-refractivity contribution is 8.86. The predicted molar refractivity (Wildman–Crippen MR) is 317 cm³/mol. The molecule has 6 heterocycles. The van der Waals surface area contributed by atoms with Gasteiger partial charge in [0.05, 0.1) is 59.7 Å². The summed E-state index contributed by atoms with van der Waals surface area (Å²) >= 11 is 18.0. The third kappa shape index (κ3) is 36.9. The monoisotopic (exact) mass is 1180 g/mol. The number of ether oxygens (including phenoxy) is 2. The van der Waals surface area contributed by atoms with Crippen molar-refractivity contribution in [2.75, 3.05) is 126 Å². The highest BCUT2D eigenvalue weighted by atomic mass is 33.1. The average molecular weight is 1180 g/mol. The van der Waals surface area contributed by atoms with Gasteiger partial charge in [0.15, 0.2) is 5.12 Å². The third-order valence-electron chi connectivity index (χ3n) is 6.73. The van der Waals surface area contributed by atoms with Crippen LogP contribution in [0, 0.1) is 0 Å². The number of hydrogen-bond acceptors (Lipinski definition) is 27. The molecule has 0 unspecified atom stereocenters. The summed E-state index contributed by atoms with van der Waals surface area (Å²) < 4.78 is 37.1. The van der Waals surface area contributed by atoms with E-state index in [2.05, 4.69) is 66.8 Å². The molecule has 6 rings (SSSR count). The molecule has 0 aliphatic carbocycles. The van der Waals surface area contributed by atoms with Crippen molar-refractivity contribution in [1.82, 2.24) is 0 Å². The van der Waals surface area contributed by atoms with Crippen molar-refractivity contribution in [3.63, 3.8) is 0 Å². The molecule has 0 radical (unpaired) electrons.